The predicted octanol–water partition coefficient (Wildman–Crippen LogP) is -5.09. The fourth-order valence-corrected chi connectivity index (χ4v) is 4.96. The quantitative estimate of drug-likeness (QED) is 0.134. The van der Waals surface area contributed by atoms with Crippen molar-refractivity contribution < 1.29 is 74.7 Å². The molecule has 3 aliphatic heterocycles. The van der Waals surface area contributed by atoms with Gasteiger partial charge in [-0.2, -0.15) is 0 Å². The molecule has 3 fully saturated rings. The lowest BCUT2D eigenvalue weighted by Crippen LogP contribution is -2.68. The van der Waals surface area contributed by atoms with Crippen molar-refractivity contribution >= 4 is 0 Å². The fraction of sp³-hybridized carbons (Fsp3) is 1.00. The molecule has 1 unspecified atom stereocenters. The minimum absolute atomic E-state index is 0.101. The third-order valence-electron chi connectivity index (χ3n) is 7.21. The van der Waals surface area contributed by atoms with E-state index >= 15 is 0 Å². The second-order valence-electron chi connectivity index (χ2n) is 11.1. The predicted molar refractivity (Wildman–Crippen MR) is 123 cm³/mol. The van der Waals surface area contributed by atoms with Crippen LogP contribution in [0.15, 0.2) is 0 Å². The van der Waals surface area contributed by atoms with E-state index in [1.54, 1.807) is 20.8 Å². The van der Waals surface area contributed by atoms with E-state index in [1.807, 2.05) is 0 Å². The molecule has 0 aromatic carbocycles. The van der Waals surface area contributed by atoms with E-state index in [9.17, 15) is 51.1 Å². The van der Waals surface area contributed by atoms with E-state index in [2.05, 4.69) is 0 Å². The molecule has 0 radical (unpaired) electrons. The van der Waals surface area contributed by atoms with Gasteiger partial charge in [0.15, 0.2) is 12.6 Å². The van der Waals surface area contributed by atoms with Gasteiger partial charge in [0.05, 0.1) is 25.4 Å². The topological polar surface area (TPSA) is 248 Å². The van der Waals surface area contributed by atoms with Crippen LogP contribution in [0.3, 0.4) is 0 Å². The first-order valence-electron chi connectivity index (χ1n) is 12.6. The number of aliphatic hydroxyl groups excluding tert-OH is 10. The van der Waals surface area contributed by atoms with Crippen molar-refractivity contribution in [2.75, 3.05) is 19.8 Å². The van der Waals surface area contributed by atoms with Gasteiger partial charge in [-0.1, -0.05) is 20.8 Å². The lowest BCUT2D eigenvalue weighted by molar-refractivity contribution is -0.375. The van der Waals surface area contributed by atoms with Gasteiger partial charge in [-0.3, -0.25) is 0 Å². The van der Waals surface area contributed by atoms with Crippen LogP contribution < -0.4 is 0 Å². The molecule has 3 rings (SSSR count). The first-order valence-corrected chi connectivity index (χ1v) is 12.6. The third kappa shape index (κ3) is 6.48. The molecule has 10 N–H and O–H groups in total. The van der Waals surface area contributed by atoms with Gasteiger partial charge in [0.25, 0.3) is 0 Å². The summed E-state index contributed by atoms with van der Waals surface area (Å²) < 4.78 is 28.9. The SMILES string of the molecule is CC(C)(C)C1O[C@H](CO)[C@@H](O)[C@H](O[C@@H]2O[C@H](CCO)[C@@H](O)[C@H](O)[C@H]2O)[C@H]1O[C@@H]1O[C@H](CO)[C@@H](O)[C@H](O)[C@H]1O. The van der Waals surface area contributed by atoms with Crippen LogP contribution in [0.2, 0.25) is 0 Å². The smallest absolute Gasteiger partial charge is 0.187 e. The molecule has 0 aliphatic carbocycles. The largest absolute Gasteiger partial charge is 0.396 e. The Labute approximate surface area is 219 Å². The third-order valence-corrected chi connectivity index (χ3v) is 7.21. The zero-order valence-electron chi connectivity index (χ0n) is 21.5. The van der Waals surface area contributed by atoms with Crippen molar-refractivity contribution in [3.63, 3.8) is 0 Å². The molecule has 3 heterocycles. The van der Waals surface area contributed by atoms with E-state index < -0.39 is 117 Å². The molecule has 0 aromatic rings. The fourth-order valence-electron chi connectivity index (χ4n) is 4.96. The summed E-state index contributed by atoms with van der Waals surface area (Å²) in [6.07, 6.45) is -22.6. The Morgan fingerprint density at radius 1 is 0.553 bits per heavy atom. The molecular formula is C23H42O15. The van der Waals surface area contributed by atoms with Crippen molar-refractivity contribution in [1.29, 1.82) is 0 Å². The van der Waals surface area contributed by atoms with Crippen LogP contribution in [0.25, 0.3) is 0 Å². The minimum atomic E-state index is -1.79. The van der Waals surface area contributed by atoms with Crippen LogP contribution in [0, 0.1) is 5.41 Å². The van der Waals surface area contributed by atoms with Crippen molar-refractivity contribution in [3.8, 4) is 0 Å². The van der Waals surface area contributed by atoms with Crippen LogP contribution >= 0.6 is 0 Å². The summed E-state index contributed by atoms with van der Waals surface area (Å²) in [5.41, 5.74) is -0.755. The average Bonchev–Trinajstić information content (AvgIpc) is 2.86. The maximum Gasteiger partial charge on any atom is 0.187 e. The summed E-state index contributed by atoms with van der Waals surface area (Å²) in [4.78, 5) is 0. The van der Waals surface area contributed by atoms with Crippen molar-refractivity contribution in [2.24, 2.45) is 5.41 Å². The zero-order chi connectivity index (χ0) is 28.5. The van der Waals surface area contributed by atoms with Crippen molar-refractivity contribution in [1.82, 2.24) is 0 Å². The van der Waals surface area contributed by atoms with E-state index in [0.717, 1.165) is 0 Å². The molecule has 15 atom stereocenters. The van der Waals surface area contributed by atoms with E-state index in [1.165, 1.54) is 0 Å². The summed E-state index contributed by atoms with van der Waals surface area (Å²) in [5, 5.41) is 102. The van der Waals surface area contributed by atoms with Crippen molar-refractivity contribution in [3.05, 3.63) is 0 Å². The monoisotopic (exact) mass is 558 g/mol. The number of ether oxygens (including phenoxy) is 5. The molecule has 0 amide bonds. The highest BCUT2D eigenvalue weighted by Crippen LogP contribution is 2.39. The molecular weight excluding hydrogens is 516 g/mol. The van der Waals surface area contributed by atoms with Crippen LogP contribution in [0.4, 0.5) is 0 Å². The van der Waals surface area contributed by atoms with Gasteiger partial charge in [0.1, 0.15) is 67.1 Å². The summed E-state index contributed by atoms with van der Waals surface area (Å²) in [6.45, 7) is 3.52. The average molecular weight is 559 g/mol. The van der Waals surface area contributed by atoms with Crippen LogP contribution in [0.5, 0.6) is 0 Å². The molecule has 15 nitrogen and oxygen atoms in total. The first-order chi connectivity index (χ1) is 17.8. The van der Waals surface area contributed by atoms with Crippen LogP contribution in [-0.2, 0) is 23.7 Å². The Bertz CT molecular complexity index is 734. The summed E-state index contributed by atoms with van der Waals surface area (Å²) in [5.74, 6) is 0. The van der Waals surface area contributed by atoms with Gasteiger partial charge < -0.3 is 74.7 Å². The highest BCUT2D eigenvalue weighted by atomic mass is 16.7. The summed E-state index contributed by atoms with van der Waals surface area (Å²) >= 11 is 0. The van der Waals surface area contributed by atoms with Crippen LogP contribution in [-0.4, -0.2) is 163 Å². The highest BCUT2D eigenvalue weighted by Gasteiger charge is 2.55. The van der Waals surface area contributed by atoms with Gasteiger partial charge >= 0.3 is 0 Å². The van der Waals surface area contributed by atoms with E-state index in [-0.39, 0.29) is 6.42 Å². The van der Waals surface area contributed by atoms with Crippen molar-refractivity contribution in [2.45, 2.75) is 119 Å². The van der Waals surface area contributed by atoms with Gasteiger partial charge in [-0.25, -0.2) is 0 Å². The molecule has 38 heavy (non-hydrogen) atoms. The molecule has 0 spiro atoms. The molecule has 0 bridgehead atoms. The van der Waals surface area contributed by atoms with E-state index in [4.69, 9.17) is 23.7 Å². The van der Waals surface area contributed by atoms with Gasteiger partial charge in [-0.15, -0.1) is 0 Å². The highest BCUT2D eigenvalue weighted by molar-refractivity contribution is 5.01. The Kier molecular flexibility index (Phi) is 10.9. The molecule has 3 aliphatic rings. The zero-order valence-corrected chi connectivity index (χ0v) is 21.5. The number of aliphatic hydroxyl groups is 10. The minimum Gasteiger partial charge on any atom is -0.396 e. The van der Waals surface area contributed by atoms with Gasteiger partial charge in [-0.05, 0) is 11.8 Å². The molecule has 3 saturated heterocycles. The van der Waals surface area contributed by atoms with Gasteiger partial charge in [0, 0.05) is 6.61 Å². The molecule has 0 aromatic heterocycles. The second kappa shape index (κ2) is 12.9. The second-order valence-corrected chi connectivity index (χ2v) is 11.1. The Morgan fingerprint density at radius 2 is 1.00 bits per heavy atom. The lowest BCUT2D eigenvalue weighted by atomic mass is 9.80. The summed E-state index contributed by atoms with van der Waals surface area (Å²) in [7, 11) is 0. The number of rotatable bonds is 8. The van der Waals surface area contributed by atoms with Gasteiger partial charge in [0.2, 0.25) is 0 Å². The Balaban J connectivity index is 1.95. The Hall–Kier alpha value is -0.600. The first kappa shape index (κ1) is 31.9. The molecule has 15 heteroatoms. The van der Waals surface area contributed by atoms with E-state index in [0.29, 0.717) is 0 Å². The molecule has 0 saturated carbocycles. The lowest BCUT2D eigenvalue weighted by Gasteiger charge is -2.52. The normalized spacial score (nSPS) is 48.7. The standard InChI is InChI=1S/C23H42O15/c1-23(2,3)20-19(38-22-17(33)15(31)12(28)9(6-25)36-22)18(13(29)10(7-26)34-20)37-21-16(32)14(30)11(27)8(35-21)4-5-24/h8-22,24-33H,4-7H2,1-3H3/t8-,9-,10-,11-,12-,13-,14+,15+,16-,17-,18+,19-,20?,21+,22+/m1/s1. The number of hydrogen-bond donors (Lipinski definition) is 10. The Morgan fingerprint density at radius 3 is 1.47 bits per heavy atom. The maximum atomic E-state index is 11.1. The summed E-state index contributed by atoms with van der Waals surface area (Å²) in [6, 6.07) is 0. The maximum absolute atomic E-state index is 11.1. The molecule has 224 valence electrons. The van der Waals surface area contributed by atoms with Crippen LogP contribution in [0.1, 0.15) is 27.2 Å². The number of hydrogen-bond acceptors (Lipinski definition) is 15.